The maximum absolute atomic E-state index is 12.2. The van der Waals surface area contributed by atoms with E-state index in [1.54, 1.807) is 6.07 Å². The van der Waals surface area contributed by atoms with Gasteiger partial charge in [-0.3, -0.25) is 0 Å². The maximum Gasteiger partial charge on any atom is 0.242 e. The average Bonchev–Trinajstić information content (AvgIpc) is 2.41. The van der Waals surface area contributed by atoms with Crippen LogP contribution in [0.25, 0.3) is 0 Å². The fraction of sp³-hybridized carbons (Fsp3) is 0.143. The molecule has 6 heteroatoms. The Balaban J connectivity index is 2.19. The lowest BCUT2D eigenvalue weighted by molar-refractivity contribution is 0.581. The third kappa shape index (κ3) is 3.73. The summed E-state index contributed by atoms with van der Waals surface area (Å²) >= 11 is 11.7. The van der Waals surface area contributed by atoms with E-state index in [2.05, 4.69) is 4.72 Å². The summed E-state index contributed by atoms with van der Waals surface area (Å²) in [5.41, 5.74) is 1.99. The molecule has 3 nitrogen and oxygen atoms in total. The molecule has 0 bridgehead atoms. The van der Waals surface area contributed by atoms with Crippen LogP contribution >= 0.6 is 23.2 Å². The molecule has 0 fully saturated rings. The van der Waals surface area contributed by atoms with E-state index in [0.29, 0.717) is 5.02 Å². The molecule has 106 valence electrons. The van der Waals surface area contributed by atoms with Crippen molar-refractivity contribution in [3.8, 4) is 0 Å². The number of hydrogen-bond donors (Lipinski definition) is 1. The number of hydrogen-bond acceptors (Lipinski definition) is 2. The zero-order valence-electron chi connectivity index (χ0n) is 10.7. The number of nitrogens with one attached hydrogen (secondary N) is 1. The average molecular weight is 330 g/mol. The summed E-state index contributed by atoms with van der Waals surface area (Å²) in [5.74, 6) is 0. The smallest absolute Gasteiger partial charge is 0.207 e. The first-order valence-electron chi connectivity index (χ1n) is 5.89. The molecule has 0 spiro atoms. The van der Waals surface area contributed by atoms with Gasteiger partial charge in [-0.2, -0.15) is 0 Å². The predicted octanol–water partition coefficient (Wildman–Crippen LogP) is 3.78. The Labute approximate surface area is 128 Å². The Morgan fingerprint density at radius 1 is 1.05 bits per heavy atom. The summed E-state index contributed by atoms with van der Waals surface area (Å²) in [6.45, 7) is 2.17. The lowest BCUT2D eigenvalue weighted by Crippen LogP contribution is -2.23. The van der Waals surface area contributed by atoms with E-state index in [9.17, 15) is 8.42 Å². The molecule has 2 aromatic carbocycles. The number of sulfonamides is 1. The van der Waals surface area contributed by atoms with E-state index < -0.39 is 10.0 Å². The van der Waals surface area contributed by atoms with Crippen LogP contribution in [0.2, 0.25) is 10.0 Å². The summed E-state index contributed by atoms with van der Waals surface area (Å²) in [6, 6.07) is 11.9. The molecule has 0 amide bonds. The third-order valence-electron chi connectivity index (χ3n) is 2.77. The highest BCUT2D eigenvalue weighted by Gasteiger charge is 2.18. The highest BCUT2D eigenvalue weighted by atomic mass is 35.5. The number of halogens is 2. The fourth-order valence-electron chi connectivity index (χ4n) is 1.65. The molecule has 0 heterocycles. The van der Waals surface area contributed by atoms with Gasteiger partial charge in [-0.05, 0) is 30.7 Å². The summed E-state index contributed by atoms with van der Waals surface area (Å²) in [6.07, 6.45) is 0. The van der Waals surface area contributed by atoms with Crippen LogP contribution in [0, 0.1) is 6.92 Å². The third-order valence-corrected chi connectivity index (χ3v) is 4.89. The Morgan fingerprint density at radius 2 is 1.70 bits per heavy atom. The first-order valence-corrected chi connectivity index (χ1v) is 8.13. The largest absolute Gasteiger partial charge is 0.242 e. The van der Waals surface area contributed by atoms with Crippen LogP contribution in [0.1, 0.15) is 11.1 Å². The van der Waals surface area contributed by atoms with Crippen molar-refractivity contribution in [2.45, 2.75) is 18.4 Å². The molecule has 20 heavy (non-hydrogen) atoms. The zero-order valence-corrected chi connectivity index (χ0v) is 13.1. The van der Waals surface area contributed by atoms with Gasteiger partial charge in [0.1, 0.15) is 4.90 Å². The molecule has 0 aliphatic rings. The minimum Gasteiger partial charge on any atom is -0.207 e. The summed E-state index contributed by atoms with van der Waals surface area (Å²) in [5, 5.41) is 0.468. The molecular formula is C14H13Cl2NO2S. The van der Waals surface area contributed by atoms with Crippen LogP contribution in [0.3, 0.4) is 0 Å². The Morgan fingerprint density at radius 3 is 2.35 bits per heavy atom. The van der Waals surface area contributed by atoms with Gasteiger partial charge in [0.2, 0.25) is 10.0 Å². The predicted molar refractivity (Wildman–Crippen MR) is 81.7 cm³/mol. The highest BCUT2D eigenvalue weighted by molar-refractivity contribution is 7.89. The van der Waals surface area contributed by atoms with Gasteiger partial charge in [0.05, 0.1) is 5.02 Å². The zero-order chi connectivity index (χ0) is 14.8. The maximum atomic E-state index is 12.2. The van der Waals surface area contributed by atoms with Gasteiger partial charge in [0.25, 0.3) is 0 Å². The second-order valence-electron chi connectivity index (χ2n) is 4.38. The van der Waals surface area contributed by atoms with Crippen molar-refractivity contribution in [1.29, 1.82) is 0 Å². The lowest BCUT2D eigenvalue weighted by atomic mass is 10.2. The van der Waals surface area contributed by atoms with Crippen molar-refractivity contribution in [2.24, 2.45) is 0 Å². The highest BCUT2D eigenvalue weighted by Crippen LogP contribution is 2.24. The molecule has 2 rings (SSSR count). The van der Waals surface area contributed by atoms with Gasteiger partial charge < -0.3 is 0 Å². The normalized spacial score (nSPS) is 11.6. The van der Waals surface area contributed by atoms with E-state index >= 15 is 0 Å². The van der Waals surface area contributed by atoms with E-state index in [1.165, 1.54) is 12.1 Å². The molecular weight excluding hydrogens is 317 g/mol. The molecule has 0 saturated heterocycles. The van der Waals surface area contributed by atoms with E-state index in [0.717, 1.165) is 11.1 Å². The number of benzene rings is 2. The van der Waals surface area contributed by atoms with Crippen LogP contribution in [-0.2, 0) is 16.6 Å². The first kappa shape index (κ1) is 15.3. The lowest BCUT2D eigenvalue weighted by Gasteiger charge is -2.09. The Hall–Kier alpha value is -1.07. The molecule has 2 aromatic rings. The summed E-state index contributed by atoms with van der Waals surface area (Å²) in [7, 11) is -3.69. The van der Waals surface area contributed by atoms with Gasteiger partial charge in [-0.1, -0.05) is 53.0 Å². The Kier molecular flexibility index (Phi) is 4.70. The van der Waals surface area contributed by atoms with Gasteiger partial charge in [-0.15, -0.1) is 0 Å². The van der Waals surface area contributed by atoms with Crippen LogP contribution in [0.4, 0.5) is 0 Å². The van der Waals surface area contributed by atoms with E-state index in [-0.39, 0.29) is 16.5 Å². The second kappa shape index (κ2) is 6.14. The van der Waals surface area contributed by atoms with Crippen molar-refractivity contribution in [3.63, 3.8) is 0 Å². The van der Waals surface area contributed by atoms with Gasteiger partial charge in [0.15, 0.2) is 0 Å². The quantitative estimate of drug-likeness (QED) is 0.927. The van der Waals surface area contributed by atoms with Crippen LogP contribution in [-0.4, -0.2) is 8.42 Å². The number of aryl methyl sites for hydroxylation is 1. The molecule has 0 saturated carbocycles. The monoisotopic (exact) mass is 329 g/mol. The minimum atomic E-state index is -3.69. The summed E-state index contributed by atoms with van der Waals surface area (Å²) < 4.78 is 26.9. The minimum absolute atomic E-state index is 0.0150. The van der Waals surface area contributed by atoms with Gasteiger partial charge >= 0.3 is 0 Å². The Bertz CT molecular complexity index is 712. The van der Waals surface area contributed by atoms with E-state index in [1.807, 2.05) is 31.2 Å². The molecule has 0 aromatic heterocycles. The van der Waals surface area contributed by atoms with Crippen LogP contribution in [0.15, 0.2) is 47.4 Å². The van der Waals surface area contributed by atoms with Gasteiger partial charge in [0, 0.05) is 11.6 Å². The second-order valence-corrected chi connectivity index (χ2v) is 6.96. The summed E-state index contributed by atoms with van der Waals surface area (Å²) in [4.78, 5) is -0.0150. The van der Waals surface area contributed by atoms with Gasteiger partial charge in [-0.25, -0.2) is 13.1 Å². The van der Waals surface area contributed by atoms with Crippen LogP contribution < -0.4 is 4.72 Å². The molecule has 1 N–H and O–H groups in total. The van der Waals surface area contributed by atoms with Crippen LogP contribution in [0.5, 0.6) is 0 Å². The van der Waals surface area contributed by atoms with Crippen molar-refractivity contribution < 1.29 is 8.42 Å². The topological polar surface area (TPSA) is 46.2 Å². The SMILES string of the molecule is Cc1ccc(CNS(=O)(=O)c2cc(Cl)ccc2Cl)cc1. The molecule has 0 unspecified atom stereocenters. The first-order chi connectivity index (χ1) is 9.38. The molecule has 0 aliphatic heterocycles. The van der Waals surface area contributed by atoms with E-state index in [4.69, 9.17) is 23.2 Å². The number of rotatable bonds is 4. The molecule has 0 atom stereocenters. The standard InChI is InChI=1S/C14H13Cl2NO2S/c1-10-2-4-11(5-3-10)9-17-20(18,19)14-8-12(15)6-7-13(14)16/h2-8,17H,9H2,1H3. The van der Waals surface area contributed by atoms with Crippen molar-refractivity contribution in [3.05, 3.63) is 63.6 Å². The fourth-order valence-corrected chi connectivity index (χ4v) is 3.42. The van der Waals surface area contributed by atoms with Crippen molar-refractivity contribution in [1.82, 2.24) is 4.72 Å². The van der Waals surface area contributed by atoms with Crippen molar-refractivity contribution in [2.75, 3.05) is 0 Å². The molecule has 0 radical (unpaired) electrons. The molecule has 0 aliphatic carbocycles. The van der Waals surface area contributed by atoms with Crippen molar-refractivity contribution >= 4 is 33.2 Å².